The van der Waals surface area contributed by atoms with E-state index in [1.165, 1.54) is 12.1 Å². The zero-order valence-electron chi connectivity index (χ0n) is 13.8. The Morgan fingerprint density at radius 3 is 2.72 bits per heavy atom. The lowest BCUT2D eigenvalue weighted by Gasteiger charge is -2.24. The van der Waals surface area contributed by atoms with Gasteiger partial charge in [-0.3, -0.25) is 14.5 Å². The van der Waals surface area contributed by atoms with E-state index in [1.807, 2.05) is 0 Å². The van der Waals surface area contributed by atoms with Crippen molar-refractivity contribution in [2.45, 2.75) is 38.2 Å². The van der Waals surface area contributed by atoms with Crippen LogP contribution in [0.3, 0.4) is 0 Å². The van der Waals surface area contributed by atoms with Crippen LogP contribution in [0.2, 0.25) is 0 Å². The van der Waals surface area contributed by atoms with Gasteiger partial charge in [-0.15, -0.1) is 0 Å². The number of rotatable bonds is 6. The van der Waals surface area contributed by atoms with Gasteiger partial charge in [-0.05, 0) is 37.8 Å². The summed E-state index contributed by atoms with van der Waals surface area (Å²) < 4.78 is 20.1. The zero-order valence-corrected chi connectivity index (χ0v) is 13.8. The lowest BCUT2D eigenvalue weighted by Crippen LogP contribution is -2.34. The first-order chi connectivity index (χ1) is 12.1. The maximum atomic E-state index is 14.3. The van der Waals surface area contributed by atoms with Crippen LogP contribution in [0.4, 0.5) is 10.1 Å². The minimum absolute atomic E-state index is 0.0394. The molecule has 1 aliphatic heterocycles. The second-order valence-corrected chi connectivity index (χ2v) is 6.20. The lowest BCUT2D eigenvalue weighted by molar-refractivity contribution is -0.137. The Morgan fingerprint density at radius 2 is 2.00 bits per heavy atom. The van der Waals surface area contributed by atoms with Gasteiger partial charge in [0.25, 0.3) is 11.8 Å². The van der Waals surface area contributed by atoms with Crippen LogP contribution in [0, 0.1) is 5.82 Å². The molecule has 2 aliphatic rings. The zero-order chi connectivity index (χ0) is 17.8. The third-order valence-electron chi connectivity index (χ3n) is 4.41. The van der Waals surface area contributed by atoms with Crippen LogP contribution >= 0.6 is 0 Å². The maximum Gasteiger partial charge on any atom is 0.277 e. The lowest BCUT2D eigenvalue weighted by atomic mass is 9.98. The number of para-hydroxylation sites is 1. The molecule has 0 aromatic heterocycles. The number of carbonyl (C=O) groups excluding carboxylic acids is 2. The number of ether oxygens (including phenoxy) is 1. The summed E-state index contributed by atoms with van der Waals surface area (Å²) in [6.07, 6.45) is 6.11. The smallest absolute Gasteiger partial charge is 0.277 e. The average molecular weight is 348 g/mol. The monoisotopic (exact) mass is 348 g/mol. The van der Waals surface area contributed by atoms with Gasteiger partial charge >= 0.3 is 0 Å². The summed E-state index contributed by atoms with van der Waals surface area (Å²) in [5, 5.41) is 11.8. The molecule has 1 aromatic rings. The quantitative estimate of drug-likeness (QED) is 0.771. The molecule has 7 heteroatoms. The summed E-state index contributed by atoms with van der Waals surface area (Å²) in [6, 6.07) is 4.42. The Bertz CT molecular complexity index is 698. The highest BCUT2D eigenvalue weighted by Crippen LogP contribution is 2.33. The molecule has 0 atom stereocenters. The molecule has 0 radical (unpaired) electrons. The molecule has 25 heavy (non-hydrogen) atoms. The van der Waals surface area contributed by atoms with E-state index in [-0.39, 0.29) is 30.7 Å². The molecular weight excluding hydrogens is 327 g/mol. The number of amides is 2. The number of benzene rings is 1. The van der Waals surface area contributed by atoms with Crippen LogP contribution in [-0.2, 0) is 9.59 Å². The van der Waals surface area contributed by atoms with Crippen molar-refractivity contribution in [2.24, 2.45) is 0 Å². The number of hydrogen-bond acceptors (Lipinski definition) is 5. The highest BCUT2D eigenvalue weighted by molar-refractivity contribution is 6.17. The van der Waals surface area contributed by atoms with Gasteiger partial charge in [-0.25, -0.2) is 4.39 Å². The Kier molecular flexibility index (Phi) is 5.33. The summed E-state index contributed by atoms with van der Waals surface area (Å²) in [5.41, 5.74) is 0.348. The van der Waals surface area contributed by atoms with Crippen LogP contribution in [0.25, 0.3) is 0 Å². The molecule has 3 rings (SSSR count). The number of halogens is 1. The van der Waals surface area contributed by atoms with Crippen molar-refractivity contribution >= 4 is 17.5 Å². The largest absolute Gasteiger partial charge is 0.485 e. The molecule has 0 spiro atoms. The van der Waals surface area contributed by atoms with Crippen molar-refractivity contribution in [1.82, 2.24) is 4.90 Å². The first-order valence-electron chi connectivity index (χ1n) is 8.50. The second kappa shape index (κ2) is 7.65. The van der Waals surface area contributed by atoms with Crippen molar-refractivity contribution in [2.75, 3.05) is 18.5 Å². The van der Waals surface area contributed by atoms with Crippen LogP contribution in [0.15, 0.2) is 30.0 Å². The van der Waals surface area contributed by atoms with Gasteiger partial charge in [0.15, 0.2) is 11.6 Å². The molecular formula is C18H21FN2O4. The fourth-order valence-corrected chi connectivity index (χ4v) is 3.13. The number of hydrogen-bond donors (Lipinski definition) is 2. The van der Waals surface area contributed by atoms with E-state index in [9.17, 15) is 14.0 Å². The summed E-state index contributed by atoms with van der Waals surface area (Å²) in [6.45, 7) is -0.386. The molecule has 1 saturated carbocycles. The Labute approximate surface area is 145 Å². The van der Waals surface area contributed by atoms with Crippen LogP contribution in [0.5, 0.6) is 5.75 Å². The molecule has 1 fully saturated rings. The topological polar surface area (TPSA) is 78.9 Å². The number of nitrogens with zero attached hydrogens (tertiary/aromatic N) is 1. The molecule has 1 aliphatic carbocycles. The number of β-amino-alcohol motifs (C(OH)–C–C–N with tert-alkyl or cyclic N) is 1. The molecule has 0 saturated heterocycles. The van der Waals surface area contributed by atoms with E-state index in [2.05, 4.69) is 5.32 Å². The molecule has 1 heterocycles. The van der Waals surface area contributed by atoms with Gasteiger partial charge in [0.1, 0.15) is 5.70 Å². The fraction of sp³-hybridized carbons (Fsp3) is 0.444. The van der Waals surface area contributed by atoms with Gasteiger partial charge in [-0.2, -0.15) is 0 Å². The summed E-state index contributed by atoms with van der Waals surface area (Å²) >= 11 is 0. The minimum Gasteiger partial charge on any atom is -0.485 e. The fourth-order valence-electron chi connectivity index (χ4n) is 3.13. The third kappa shape index (κ3) is 3.82. The van der Waals surface area contributed by atoms with Gasteiger partial charge < -0.3 is 15.2 Å². The normalized spacial score (nSPS) is 18.5. The molecule has 134 valence electrons. The molecule has 2 N–H and O–H groups in total. The highest BCUT2D eigenvalue weighted by atomic mass is 19.1. The molecule has 2 amide bonds. The second-order valence-electron chi connectivity index (χ2n) is 6.20. The molecule has 0 unspecified atom stereocenters. The summed E-state index contributed by atoms with van der Waals surface area (Å²) in [5.74, 6) is -1.50. The van der Waals surface area contributed by atoms with Gasteiger partial charge in [0.2, 0.25) is 0 Å². The van der Waals surface area contributed by atoms with Crippen molar-refractivity contribution in [3.8, 4) is 5.75 Å². The van der Waals surface area contributed by atoms with Gasteiger partial charge in [0.05, 0.1) is 24.9 Å². The van der Waals surface area contributed by atoms with Crippen molar-refractivity contribution in [1.29, 1.82) is 0 Å². The summed E-state index contributed by atoms with van der Waals surface area (Å²) in [4.78, 5) is 25.0. The summed E-state index contributed by atoms with van der Waals surface area (Å²) in [7, 11) is 0. The maximum absolute atomic E-state index is 14.3. The van der Waals surface area contributed by atoms with Gasteiger partial charge in [-0.1, -0.05) is 12.5 Å². The Morgan fingerprint density at radius 1 is 1.24 bits per heavy atom. The highest BCUT2D eigenvalue weighted by Gasteiger charge is 2.31. The Balaban J connectivity index is 1.78. The number of carbonyl (C=O) groups is 2. The predicted molar refractivity (Wildman–Crippen MR) is 89.4 cm³/mol. The first kappa shape index (κ1) is 17.4. The van der Waals surface area contributed by atoms with Crippen LogP contribution < -0.4 is 10.1 Å². The molecule has 1 aromatic carbocycles. The number of aliphatic hydroxyl groups excluding tert-OH is 1. The SMILES string of the molecule is O=C1C=C(Nc2cccc(F)c2OC2CCCCC2)C(=O)N1CCO. The Hall–Kier alpha value is -2.41. The van der Waals surface area contributed by atoms with E-state index in [0.29, 0.717) is 5.69 Å². The predicted octanol–water partition coefficient (Wildman–Crippen LogP) is 2.19. The van der Waals surface area contributed by atoms with Crippen molar-refractivity contribution in [3.05, 3.63) is 35.8 Å². The number of imide groups is 1. The number of anilines is 1. The minimum atomic E-state index is -0.549. The van der Waals surface area contributed by atoms with Crippen molar-refractivity contribution < 1.29 is 23.8 Å². The molecule has 0 bridgehead atoms. The van der Waals surface area contributed by atoms with Crippen LogP contribution in [0.1, 0.15) is 32.1 Å². The van der Waals surface area contributed by atoms with E-state index in [1.54, 1.807) is 6.07 Å². The van der Waals surface area contributed by atoms with E-state index >= 15 is 0 Å². The van der Waals surface area contributed by atoms with Crippen LogP contribution in [-0.4, -0.2) is 41.1 Å². The van der Waals surface area contributed by atoms with E-state index < -0.39 is 17.6 Å². The van der Waals surface area contributed by atoms with Crippen molar-refractivity contribution in [3.63, 3.8) is 0 Å². The number of aliphatic hydroxyl groups is 1. The third-order valence-corrected chi connectivity index (χ3v) is 4.41. The standard InChI is InChI=1S/C18H21FN2O4/c19-13-7-4-8-14(17(13)25-12-5-2-1-3-6-12)20-15-11-16(23)21(9-10-22)18(15)24/h4,7-8,11-12,20,22H,1-3,5-6,9-10H2. The van der Waals surface area contributed by atoms with E-state index in [0.717, 1.165) is 43.1 Å². The first-order valence-corrected chi connectivity index (χ1v) is 8.50. The van der Waals surface area contributed by atoms with E-state index in [4.69, 9.17) is 9.84 Å². The van der Waals surface area contributed by atoms with Gasteiger partial charge in [0, 0.05) is 6.08 Å². The number of nitrogens with one attached hydrogen (secondary N) is 1. The average Bonchev–Trinajstić information content (AvgIpc) is 2.87. The molecule has 6 nitrogen and oxygen atoms in total.